The van der Waals surface area contributed by atoms with Crippen LogP contribution in [0.1, 0.15) is 24.0 Å². The molecule has 0 aliphatic carbocycles. The van der Waals surface area contributed by atoms with Gasteiger partial charge in [0, 0.05) is 25.2 Å². The van der Waals surface area contributed by atoms with Crippen molar-refractivity contribution in [2.45, 2.75) is 33.4 Å². The van der Waals surface area contributed by atoms with E-state index < -0.39 is 0 Å². The highest BCUT2D eigenvalue weighted by atomic mass is 127. The molecule has 2 aromatic rings. The number of nitrogens with zero attached hydrogens (tertiary/aromatic N) is 1. The number of aliphatic imine (C=N–C) groups is 1. The Morgan fingerprint density at radius 2 is 2.04 bits per heavy atom. The Hall–Kier alpha value is -1.77. The third-order valence-corrected chi connectivity index (χ3v) is 3.50. The van der Waals surface area contributed by atoms with E-state index in [1.54, 1.807) is 19.2 Å². The van der Waals surface area contributed by atoms with E-state index in [1.807, 2.05) is 26.8 Å². The molecule has 0 bridgehead atoms. The Morgan fingerprint density at radius 1 is 1.28 bits per heavy atom. The van der Waals surface area contributed by atoms with Crippen LogP contribution in [0.25, 0.3) is 0 Å². The standard InChI is InChI=1S/C18H24FN3O2.HI/c1-12-8-15(14(3)23-12)11-22-18(20-4)21-10-13(2)24-17-7-5-6-16(19)9-17;/h5-9,13H,10-11H2,1-4H3,(H2,20,21,22);1H. The molecule has 1 aromatic carbocycles. The van der Waals surface area contributed by atoms with Crippen LogP contribution in [0.2, 0.25) is 0 Å². The summed E-state index contributed by atoms with van der Waals surface area (Å²) in [6.07, 6.45) is -0.136. The summed E-state index contributed by atoms with van der Waals surface area (Å²) in [6, 6.07) is 8.12. The summed E-state index contributed by atoms with van der Waals surface area (Å²) in [5.74, 6) is 2.67. The molecule has 0 fully saturated rings. The van der Waals surface area contributed by atoms with E-state index in [9.17, 15) is 4.39 Å². The van der Waals surface area contributed by atoms with Crippen molar-refractivity contribution in [2.75, 3.05) is 13.6 Å². The van der Waals surface area contributed by atoms with E-state index in [0.717, 1.165) is 17.1 Å². The number of guanidine groups is 1. The lowest BCUT2D eigenvalue weighted by atomic mass is 10.2. The fourth-order valence-corrected chi connectivity index (χ4v) is 2.31. The summed E-state index contributed by atoms with van der Waals surface area (Å²) in [5.41, 5.74) is 1.10. The molecular formula is C18H25FIN3O2. The molecule has 138 valence electrons. The lowest BCUT2D eigenvalue weighted by Gasteiger charge is -2.17. The van der Waals surface area contributed by atoms with Crippen molar-refractivity contribution in [2.24, 2.45) is 4.99 Å². The Balaban J connectivity index is 0.00000312. The third-order valence-electron chi connectivity index (χ3n) is 3.50. The normalized spacial score (nSPS) is 12.3. The highest BCUT2D eigenvalue weighted by Crippen LogP contribution is 2.14. The molecule has 0 saturated heterocycles. The number of hydrogen-bond acceptors (Lipinski definition) is 3. The van der Waals surface area contributed by atoms with Crippen LogP contribution in [0, 0.1) is 19.7 Å². The van der Waals surface area contributed by atoms with Crippen molar-refractivity contribution in [1.82, 2.24) is 10.6 Å². The van der Waals surface area contributed by atoms with E-state index in [2.05, 4.69) is 15.6 Å². The number of aryl methyl sites for hydroxylation is 2. The quantitative estimate of drug-likeness (QED) is 0.391. The smallest absolute Gasteiger partial charge is 0.191 e. The molecule has 1 heterocycles. The molecule has 5 nitrogen and oxygen atoms in total. The number of ether oxygens (including phenoxy) is 1. The molecule has 1 atom stereocenters. The maximum atomic E-state index is 13.1. The molecule has 0 amide bonds. The van der Waals surface area contributed by atoms with Gasteiger partial charge in [0.15, 0.2) is 5.96 Å². The van der Waals surface area contributed by atoms with Gasteiger partial charge in [-0.2, -0.15) is 0 Å². The maximum Gasteiger partial charge on any atom is 0.191 e. The molecule has 0 aliphatic heterocycles. The van der Waals surface area contributed by atoms with Crippen molar-refractivity contribution < 1.29 is 13.5 Å². The van der Waals surface area contributed by atoms with Crippen LogP contribution in [0.5, 0.6) is 5.75 Å². The van der Waals surface area contributed by atoms with E-state index in [0.29, 0.717) is 24.8 Å². The lowest BCUT2D eigenvalue weighted by Crippen LogP contribution is -2.41. The molecule has 7 heteroatoms. The van der Waals surface area contributed by atoms with E-state index in [4.69, 9.17) is 9.15 Å². The molecule has 0 saturated carbocycles. The first-order valence-corrected chi connectivity index (χ1v) is 7.90. The van der Waals surface area contributed by atoms with Gasteiger partial charge in [-0.3, -0.25) is 4.99 Å². The van der Waals surface area contributed by atoms with E-state index >= 15 is 0 Å². The second-order valence-electron chi connectivity index (χ2n) is 5.63. The van der Waals surface area contributed by atoms with Gasteiger partial charge in [-0.15, -0.1) is 24.0 Å². The SMILES string of the molecule is CN=C(NCc1cc(C)oc1C)NCC(C)Oc1cccc(F)c1.I. The fraction of sp³-hybridized carbons (Fsp3) is 0.389. The van der Waals surface area contributed by atoms with Gasteiger partial charge in [-0.25, -0.2) is 4.39 Å². The minimum atomic E-state index is -0.309. The van der Waals surface area contributed by atoms with Gasteiger partial charge in [-0.05, 0) is 39.0 Å². The Bertz CT molecular complexity index is 703. The van der Waals surface area contributed by atoms with Gasteiger partial charge < -0.3 is 19.8 Å². The Morgan fingerprint density at radius 3 is 2.64 bits per heavy atom. The summed E-state index contributed by atoms with van der Waals surface area (Å²) >= 11 is 0. The first kappa shape index (κ1) is 21.3. The van der Waals surface area contributed by atoms with Crippen LogP contribution in [0.3, 0.4) is 0 Å². The predicted molar refractivity (Wildman–Crippen MR) is 108 cm³/mol. The van der Waals surface area contributed by atoms with Crippen LogP contribution in [0.15, 0.2) is 39.7 Å². The van der Waals surface area contributed by atoms with Crippen LogP contribution >= 0.6 is 24.0 Å². The minimum Gasteiger partial charge on any atom is -0.489 e. The number of hydrogen-bond donors (Lipinski definition) is 2. The number of rotatable bonds is 6. The molecule has 0 radical (unpaired) electrons. The zero-order chi connectivity index (χ0) is 17.5. The second kappa shape index (κ2) is 10.3. The monoisotopic (exact) mass is 461 g/mol. The molecule has 0 aliphatic rings. The fourth-order valence-electron chi connectivity index (χ4n) is 2.31. The third kappa shape index (κ3) is 6.93. The molecule has 0 spiro atoms. The molecule has 25 heavy (non-hydrogen) atoms. The predicted octanol–water partition coefficient (Wildman–Crippen LogP) is 3.79. The first-order valence-electron chi connectivity index (χ1n) is 7.90. The van der Waals surface area contributed by atoms with E-state index in [-0.39, 0.29) is 35.9 Å². The summed E-state index contributed by atoms with van der Waals surface area (Å²) in [6.45, 7) is 6.94. The van der Waals surface area contributed by atoms with Gasteiger partial charge in [0.2, 0.25) is 0 Å². The molecular weight excluding hydrogens is 436 g/mol. The van der Waals surface area contributed by atoms with Crippen molar-refractivity contribution in [3.63, 3.8) is 0 Å². The number of benzene rings is 1. The molecule has 2 rings (SSSR count). The topological polar surface area (TPSA) is 58.8 Å². The van der Waals surface area contributed by atoms with Gasteiger partial charge in [0.05, 0.1) is 6.54 Å². The van der Waals surface area contributed by atoms with E-state index in [1.165, 1.54) is 12.1 Å². The summed E-state index contributed by atoms with van der Waals surface area (Å²) in [4.78, 5) is 4.18. The van der Waals surface area contributed by atoms with Gasteiger partial charge in [0.1, 0.15) is 29.2 Å². The van der Waals surface area contributed by atoms with Crippen molar-refractivity contribution in [3.8, 4) is 5.75 Å². The maximum absolute atomic E-state index is 13.1. The highest BCUT2D eigenvalue weighted by molar-refractivity contribution is 14.0. The van der Waals surface area contributed by atoms with Crippen molar-refractivity contribution in [3.05, 3.63) is 53.2 Å². The largest absolute Gasteiger partial charge is 0.489 e. The summed E-state index contributed by atoms with van der Waals surface area (Å²) < 4.78 is 24.3. The Labute approximate surface area is 165 Å². The Kier molecular flexibility index (Phi) is 8.74. The first-order chi connectivity index (χ1) is 11.5. The van der Waals surface area contributed by atoms with Crippen LogP contribution in [0.4, 0.5) is 4.39 Å². The van der Waals surface area contributed by atoms with Crippen LogP contribution < -0.4 is 15.4 Å². The number of nitrogens with one attached hydrogen (secondary N) is 2. The zero-order valence-corrected chi connectivity index (χ0v) is 17.3. The van der Waals surface area contributed by atoms with Crippen LogP contribution in [-0.4, -0.2) is 25.7 Å². The molecule has 2 N–H and O–H groups in total. The lowest BCUT2D eigenvalue weighted by molar-refractivity contribution is 0.223. The second-order valence-corrected chi connectivity index (χ2v) is 5.63. The molecule has 1 aromatic heterocycles. The highest BCUT2D eigenvalue weighted by Gasteiger charge is 2.08. The molecule has 1 unspecified atom stereocenters. The van der Waals surface area contributed by atoms with Crippen molar-refractivity contribution >= 4 is 29.9 Å². The van der Waals surface area contributed by atoms with Crippen molar-refractivity contribution in [1.29, 1.82) is 0 Å². The number of furan rings is 1. The average Bonchev–Trinajstić information content (AvgIpc) is 2.85. The minimum absolute atomic E-state index is 0. The average molecular weight is 461 g/mol. The van der Waals surface area contributed by atoms with Gasteiger partial charge in [0.25, 0.3) is 0 Å². The zero-order valence-electron chi connectivity index (χ0n) is 14.9. The number of halogens is 2. The summed E-state index contributed by atoms with van der Waals surface area (Å²) in [7, 11) is 1.71. The van der Waals surface area contributed by atoms with Gasteiger partial charge in [-0.1, -0.05) is 6.07 Å². The van der Waals surface area contributed by atoms with Crippen LogP contribution in [-0.2, 0) is 6.54 Å². The van der Waals surface area contributed by atoms with Gasteiger partial charge >= 0.3 is 0 Å². The summed E-state index contributed by atoms with van der Waals surface area (Å²) in [5, 5.41) is 6.42.